The third-order valence-corrected chi connectivity index (χ3v) is 5.99. The van der Waals surface area contributed by atoms with E-state index in [0.29, 0.717) is 0 Å². The number of aliphatic hydroxyl groups is 1. The van der Waals surface area contributed by atoms with E-state index in [1.165, 1.54) is 0 Å². The zero-order valence-electron chi connectivity index (χ0n) is 17.9. The molecule has 9 heteroatoms. The van der Waals surface area contributed by atoms with Crippen molar-refractivity contribution in [1.29, 1.82) is 0 Å². The Bertz CT molecular complexity index is 995. The summed E-state index contributed by atoms with van der Waals surface area (Å²) < 4.78 is 10.9. The number of benzene rings is 2. The van der Waals surface area contributed by atoms with Crippen molar-refractivity contribution in [2.75, 3.05) is 26.4 Å². The minimum atomic E-state index is -1.19. The van der Waals surface area contributed by atoms with Crippen LogP contribution in [0.25, 0.3) is 11.1 Å². The fourth-order valence-corrected chi connectivity index (χ4v) is 4.37. The molecule has 1 aliphatic heterocycles. The molecule has 2 aromatic carbocycles. The van der Waals surface area contributed by atoms with Crippen LogP contribution in [0.4, 0.5) is 4.79 Å². The first-order valence-electron chi connectivity index (χ1n) is 10.8. The van der Waals surface area contributed by atoms with E-state index in [4.69, 9.17) is 14.6 Å². The zero-order valence-corrected chi connectivity index (χ0v) is 17.9. The van der Waals surface area contributed by atoms with Crippen molar-refractivity contribution in [3.63, 3.8) is 0 Å². The average molecular weight is 454 g/mol. The first kappa shape index (κ1) is 22.8. The van der Waals surface area contributed by atoms with E-state index >= 15 is 0 Å². The highest BCUT2D eigenvalue weighted by Crippen LogP contribution is 2.44. The number of aliphatic hydroxyl groups excluding tert-OH is 1. The summed E-state index contributed by atoms with van der Waals surface area (Å²) in [5.41, 5.74) is 4.47. The normalized spacial score (nSPS) is 19.9. The average Bonchev–Trinajstić information content (AvgIpc) is 3.38. The molecule has 0 bridgehead atoms. The maximum absolute atomic E-state index is 12.5. The van der Waals surface area contributed by atoms with Gasteiger partial charge in [0.05, 0.1) is 37.7 Å². The standard InChI is InChI=1S/C24H26N2O7/c27-14(9-22(28)29)10-25-23(30)20-11-32-13-21(20)26-24(31)33-12-19-17-7-3-1-5-15(17)16-6-2-4-8-18(16)19/h1-8,14,19-21,27H,9-13H2,(H,25,30)(H,26,31)(H,28,29). The molecule has 0 spiro atoms. The number of carboxylic acid groups (broad SMARTS) is 1. The monoisotopic (exact) mass is 454 g/mol. The lowest BCUT2D eigenvalue weighted by Gasteiger charge is -2.20. The number of carboxylic acids is 1. The maximum Gasteiger partial charge on any atom is 0.407 e. The summed E-state index contributed by atoms with van der Waals surface area (Å²) >= 11 is 0. The van der Waals surface area contributed by atoms with Crippen LogP contribution in [0.5, 0.6) is 0 Å². The molecule has 1 saturated heterocycles. The van der Waals surface area contributed by atoms with Gasteiger partial charge in [0.25, 0.3) is 0 Å². The first-order valence-corrected chi connectivity index (χ1v) is 10.8. The van der Waals surface area contributed by atoms with Gasteiger partial charge in [-0.25, -0.2) is 4.79 Å². The summed E-state index contributed by atoms with van der Waals surface area (Å²) in [5.74, 6) is -2.32. The number of fused-ring (bicyclic) bond motifs is 3. The van der Waals surface area contributed by atoms with Crippen molar-refractivity contribution < 1.29 is 34.1 Å². The number of carbonyl (C=O) groups excluding carboxylic acids is 2. The number of hydrogen-bond acceptors (Lipinski definition) is 6. The largest absolute Gasteiger partial charge is 0.481 e. The van der Waals surface area contributed by atoms with Crippen molar-refractivity contribution in [2.24, 2.45) is 5.92 Å². The van der Waals surface area contributed by atoms with E-state index in [1.807, 2.05) is 36.4 Å². The van der Waals surface area contributed by atoms with E-state index in [-0.39, 0.29) is 32.3 Å². The second-order valence-corrected chi connectivity index (χ2v) is 8.22. The topological polar surface area (TPSA) is 134 Å². The Labute approximate surface area is 190 Å². The van der Waals surface area contributed by atoms with Crippen LogP contribution in [-0.2, 0) is 19.1 Å². The van der Waals surface area contributed by atoms with Crippen LogP contribution in [-0.4, -0.2) is 66.7 Å². The van der Waals surface area contributed by atoms with Gasteiger partial charge in [-0.15, -0.1) is 0 Å². The molecule has 2 amide bonds. The summed E-state index contributed by atoms with van der Waals surface area (Å²) in [6, 6.07) is 15.5. The Balaban J connectivity index is 1.32. The van der Waals surface area contributed by atoms with Gasteiger partial charge in [0.15, 0.2) is 0 Å². The summed E-state index contributed by atoms with van der Waals surface area (Å²) in [5, 5.41) is 23.5. The van der Waals surface area contributed by atoms with E-state index in [2.05, 4.69) is 22.8 Å². The van der Waals surface area contributed by atoms with Gasteiger partial charge in [-0.05, 0) is 22.3 Å². The summed E-state index contributed by atoms with van der Waals surface area (Å²) in [6.07, 6.45) is -2.30. The molecular formula is C24H26N2O7. The number of ether oxygens (including phenoxy) is 2. The Morgan fingerprint density at radius 1 is 1.03 bits per heavy atom. The molecule has 2 aliphatic rings. The van der Waals surface area contributed by atoms with E-state index in [0.717, 1.165) is 22.3 Å². The minimum Gasteiger partial charge on any atom is -0.481 e. The van der Waals surface area contributed by atoms with Crippen molar-refractivity contribution in [3.8, 4) is 11.1 Å². The van der Waals surface area contributed by atoms with Crippen LogP contribution in [0.1, 0.15) is 23.5 Å². The molecule has 174 valence electrons. The highest BCUT2D eigenvalue weighted by Gasteiger charge is 2.36. The van der Waals surface area contributed by atoms with Gasteiger partial charge in [-0.1, -0.05) is 48.5 Å². The van der Waals surface area contributed by atoms with E-state index in [1.54, 1.807) is 0 Å². The van der Waals surface area contributed by atoms with Crippen molar-refractivity contribution in [3.05, 3.63) is 59.7 Å². The van der Waals surface area contributed by atoms with E-state index < -0.39 is 42.5 Å². The molecule has 2 aromatic rings. The zero-order chi connectivity index (χ0) is 23.4. The summed E-state index contributed by atoms with van der Waals surface area (Å²) in [4.78, 5) is 35.6. The molecule has 4 rings (SSSR count). The molecule has 1 fully saturated rings. The number of nitrogens with one attached hydrogen (secondary N) is 2. The molecule has 3 unspecified atom stereocenters. The molecule has 1 heterocycles. The fraction of sp³-hybridized carbons (Fsp3) is 0.375. The number of alkyl carbamates (subject to hydrolysis) is 1. The smallest absolute Gasteiger partial charge is 0.407 e. The van der Waals surface area contributed by atoms with Crippen molar-refractivity contribution >= 4 is 18.0 Å². The number of hydrogen-bond donors (Lipinski definition) is 4. The van der Waals surface area contributed by atoms with Gasteiger partial charge in [0.2, 0.25) is 5.91 Å². The number of rotatable bonds is 8. The molecule has 9 nitrogen and oxygen atoms in total. The van der Waals surface area contributed by atoms with Gasteiger partial charge >= 0.3 is 12.1 Å². The number of aliphatic carboxylic acids is 1. The first-order chi connectivity index (χ1) is 15.9. The molecule has 4 N–H and O–H groups in total. The highest BCUT2D eigenvalue weighted by atomic mass is 16.5. The quantitative estimate of drug-likeness (QED) is 0.475. The predicted octanol–water partition coefficient (Wildman–Crippen LogP) is 1.49. The molecule has 3 atom stereocenters. The predicted molar refractivity (Wildman–Crippen MR) is 118 cm³/mol. The maximum atomic E-state index is 12.5. The molecule has 1 aliphatic carbocycles. The third-order valence-electron chi connectivity index (χ3n) is 5.99. The Morgan fingerprint density at radius 3 is 2.30 bits per heavy atom. The second kappa shape index (κ2) is 10.0. The van der Waals surface area contributed by atoms with Gasteiger partial charge in [-0.3, -0.25) is 9.59 Å². The van der Waals surface area contributed by atoms with Crippen molar-refractivity contribution in [1.82, 2.24) is 10.6 Å². The Morgan fingerprint density at radius 2 is 1.67 bits per heavy atom. The molecule has 0 radical (unpaired) electrons. The Hall–Kier alpha value is -3.43. The molecular weight excluding hydrogens is 428 g/mol. The van der Waals surface area contributed by atoms with Crippen LogP contribution >= 0.6 is 0 Å². The lowest BCUT2D eigenvalue weighted by atomic mass is 9.98. The fourth-order valence-electron chi connectivity index (χ4n) is 4.37. The Kier molecular flexibility index (Phi) is 6.90. The lowest BCUT2D eigenvalue weighted by Crippen LogP contribution is -2.47. The van der Waals surface area contributed by atoms with Crippen LogP contribution in [0.15, 0.2) is 48.5 Å². The highest BCUT2D eigenvalue weighted by molar-refractivity contribution is 5.81. The molecule has 0 saturated carbocycles. The van der Waals surface area contributed by atoms with Crippen LogP contribution in [0, 0.1) is 5.92 Å². The van der Waals surface area contributed by atoms with Gasteiger partial charge in [-0.2, -0.15) is 0 Å². The van der Waals surface area contributed by atoms with Gasteiger partial charge < -0.3 is 30.3 Å². The summed E-state index contributed by atoms with van der Waals surface area (Å²) in [6.45, 7) is 0.222. The van der Waals surface area contributed by atoms with Crippen molar-refractivity contribution in [2.45, 2.75) is 24.5 Å². The van der Waals surface area contributed by atoms with Gasteiger partial charge in [0, 0.05) is 12.5 Å². The van der Waals surface area contributed by atoms with Crippen LogP contribution < -0.4 is 10.6 Å². The molecule has 0 aromatic heterocycles. The third kappa shape index (κ3) is 5.15. The lowest BCUT2D eigenvalue weighted by molar-refractivity contribution is -0.139. The summed E-state index contributed by atoms with van der Waals surface area (Å²) in [7, 11) is 0. The van der Waals surface area contributed by atoms with Crippen LogP contribution in [0.2, 0.25) is 0 Å². The van der Waals surface area contributed by atoms with E-state index in [9.17, 15) is 19.5 Å². The SMILES string of the molecule is O=C(O)CC(O)CNC(=O)C1COCC1NC(=O)OCC1c2ccccc2-c2ccccc21. The number of carbonyl (C=O) groups is 3. The molecule has 33 heavy (non-hydrogen) atoms. The number of amides is 2. The van der Waals surface area contributed by atoms with Crippen LogP contribution in [0.3, 0.4) is 0 Å². The minimum absolute atomic E-state index is 0.0715. The van der Waals surface area contributed by atoms with Gasteiger partial charge in [0.1, 0.15) is 6.61 Å². The second-order valence-electron chi connectivity index (χ2n) is 8.22.